The van der Waals surface area contributed by atoms with Crippen molar-refractivity contribution in [3.63, 3.8) is 0 Å². The maximum atomic E-state index is 12.2. The molecule has 2 aromatic rings. The summed E-state index contributed by atoms with van der Waals surface area (Å²) in [6, 6.07) is 2.79. The maximum Gasteiger partial charge on any atom is 0.277 e. The van der Waals surface area contributed by atoms with Gasteiger partial charge in [-0.2, -0.15) is 5.10 Å². The Morgan fingerprint density at radius 2 is 2.09 bits per heavy atom. The molecule has 0 spiro atoms. The van der Waals surface area contributed by atoms with Gasteiger partial charge in [0.05, 0.1) is 0 Å². The van der Waals surface area contributed by atoms with Crippen molar-refractivity contribution in [3.8, 4) is 0 Å². The van der Waals surface area contributed by atoms with Crippen molar-refractivity contribution in [1.29, 1.82) is 0 Å². The fourth-order valence-corrected chi connectivity index (χ4v) is 2.65. The molecule has 0 saturated carbocycles. The molecule has 2 aromatic heterocycles. The molecule has 0 aromatic carbocycles. The molecule has 0 saturated heterocycles. The highest BCUT2D eigenvalue weighted by molar-refractivity contribution is 7.15. The van der Waals surface area contributed by atoms with Gasteiger partial charge in [-0.15, -0.1) is 10.2 Å². The summed E-state index contributed by atoms with van der Waals surface area (Å²) in [7, 11) is 0. The van der Waals surface area contributed by atoms with Gasteiger partial charge >= 0.3 is 0 Å². The van der Waals surface area contributed by atoms with E-state index in [9.17, 15) is 9.59 Å². The summed E-state index contributed by atoms with van der Waals surface area (Å²) in [6.07, 6.45) is 3.62. The Morgan fingerprint density at radius 1 is 1.27 bits per heavy atom. The Bertz CT molecular complexity index is 695. The number of carbonyl (C=O) groups excluding carboxylic acids is 1. The predicted molar refractivity (Wildman–Crippen MR) is 85.3 cm³/mol. The number of anilines is 1. The molecule has 0 aliphatic heterocycles. The number of unbranched alkanes of at least 4 members (excludes halogenated alkanes) is 1. The van der Waals surface area contributed by atoms with Gasteiger partial charge in [-0.05, 0) is 18.9 Å². The van der Waals surface area contributed by atoms with Gasteiger partial charge in [-0.1, -0.05) is 31.6 Å². The zero-order valence-corrected chi connectivity index (χ0v) is 13.5. The smallest absolute Gasteiger partial charge is 0.277 e. The van der Waals surface area contributed by atoms with Gasteiger partial charge in [0.25, 0.3) is 11.5 Å². The molecule has 8 heteroatoms. The van der Waals surface area contributed by atoms with E-state index in [0.717, 1.165) is 30.7 Å². The van der Waals surface area contributed by atoms with Gasteiger partial charge in [-0.25, -0.2) is 4.68 Å². The largest absolute Gasteiger partial charge is 0.295 e. The van der Waals surface area contributed by atoms with E-state index >= 15 is 0 Å². The average molecular weight is 321 g/mol. The lowest BCUT2D eigenvalue weighted by molar-refractivity contribution is 0.101. The van der Waals surface area contributed by atoms with Crippen molar-refractivity contribution in [2.24, 2.45) is 0 Å². The van der Waals surface area contributed by atoms with Crippen LogP contribution in [0.15, 0.2) is 16.9 Å². The monoisotopic (exact) mass is 321 g/mol. The quantitative estimate of drug-likeness (QED) is 0.843. The normalized spacial score (nSPS) is 10.6. The Hall–Kier alpha value is -2.09. The van der Waals surface area contributed by atoms with Crippen LogP contribution in [0.4, 0.5) is 5.13 Å². The van der Waals surface area contributed by atoms with Crippen molar-refractivity contribution < 1.29 is 4.79 Å². The van der Waals surface area contributed by atoms with E-state index in [-0.39, 0.29) is 17.2 Å². The van der Waals surface area contributed by atoms with Gasteiger partial charge in [0.15, 0.2) is 0 Å². The third kappa shape index (κ3) is 4.20. The highest BCUT2D eigenvalue weighted by atomic mass is 32.1. The van der Waals surface area contributed by atoms with Crippen molar-refractivity contribution >= 4 is 22.4 Å². The van der Waals surface area contributed by atoms with E-state index in [1.165, 1.54) is 28.2 Å². The molecule has 0 bridgehead atoms. The molecule has 7 nitrogen and oxygen atoms in total. The topological polar surface area (TPSA) is 89.8 Å². The third-order valence-electron chi connectivity index (χ3n) is 2.97. The van der Waals surface area contributed by atoms with Crippen LogP contribution in [0.25, 0.3) is 0 Å². The Balaban J connectivity index is 2.09. The summed E-state index contributed by atoms with van der Waals surface area (Å²) in [6.45, 7) is 4.60. The summed E-state index contributed by atoms with van der Waals surface area (Å²) in [5.74, 6) is -0.385. The minimum atomic E-state index is -0.385. The Kier molecular flexibility index (Phi) is 5.76. The molecule has 0 radical (unpaired) electrons. The Morgan fingerprint density at radius 3 is 2.82 bits per heavy atom. The minimum absolute atomic E-state index is 0.197. The van der Waals surface area contributed by atoms with Gasteiger partial charge in [-0.3, -0.25) is 14.9 Å². The number of amides is 1. The first-order valence-corrected chi connectivity index (χ1v) is 8.17. The SMILES string of the molecule is CCCCn1nc(C(=O)Nc2nnc(CCC)s2)ccc1=O. The number of hydrogen-bond acceptors (Lipinski definition) is 6. The number of hydrogen-bond donors (Lipinski definition) is 1. The summed E-state index contributed by atoms with van der Waals surface area (Å²) >= 11 is 1.35. The van der Waals surface area contributed by atoms with E-state index in [1.807, 2.05) is 6.92 Å². The van der Waals surface area contributed by atoms with Crippen LogP contribution in [0.2, 0.25) is 0 Å². The van der Waals surface area contributed by atoms with Crippen LogP contribution in [0.5, 0.6) is 0 Å². The lowest BCUT2D eigenvalue weighted by atomic mass is 10.3. The predicted octanol–water partition coefficient (Wildman–Crippen LogP) is 2.10. The van der Waals surface area contributed by atoms with E-state index in [0.29, 0.717) is 11.7 Å². The molecular formula is C14H19N5O2S. The third-order valence-corrected chi connectivity index (χ3v) is 3.87. The van der Waals surface area contributed by atoms with Crippen LogP contribution >= 0.6 is 11.3 Å². The van der Waals surface area contributed by atoms with Crippen LogP contribution in [0, 0.1) is 0 Å². The second-order valence-corrected chi connectivity index (χ2v) is 5.90. The first-order chi connectivity index (χ1) is 10.6. The number of aromatic nitrogens is 4. The van der Waals surface area contributed by atoms with E-state index < -0.39 is 0 Å². The molecule has 0 aliphatic rings. The van der Waals surface area contributed by atoms with Gasteiger partial charge in [0.1, 0.15) is 10.7 Å². The van der Waals surface area contributed by atoms with Crippen molar-refractivity contribution in [2.45, 2.75) is 46.1 Å². The van der Waals surface area contributed by atoms with E-state index in [1.54, 1.807) is 0 Å². The highest BCUT2D eigenvalue weighted by Gasteiger charge is 2.12. The molecule has 0 atom stereocenters. The summed E-state index contributed by atoms with van der Waals surface area (Å²) in [4.78, 5) is 23.9. The molecule has 0 aliphatic carbocycles. The van der Waals surface area contributed by atoms with Gasteiger partial charge in [0.2, 0.25) is 5.13 Å². The van der Waals surface area contributed by atoms with Crippen molar-refractivity contribution in [2.75, 3.05) is 5.32 Å². The number of rotatable bonds is 7. The Labute approximate surface area is 132 Å². The molecule has 2 heterocycles. The molecule has 1 N–H and O–H groups in total. The number of nitrogens with zero attached hydrogens (tertiary/aromatic N) is 4. The molecular weight excluding hydrogens is 302 g/mol. The maximum absolute atomic E-state index is 12.2. The second kappa shape index (κ2) is 7.79. The lowest BCUT2D eigenvalue weighted by Gasteiger charge is -2.05. The summed E-state index contributed by atoms with van der Waals surface area (Å²) in [5, 5.41) is 16.0. The summed E-state index contributed by atoms with van der Waals surface area (Å²) < 4.78 is 1.32. The molecule has 118 valence electrons. The molecule has 0 unspecified atom stereocenters. The van der Waals surface area contributed by atoms with Crippen LogP contribution in [0.1, 0.15) is 48.6 Å². The summed E-state index contributed by atoms with van der Waals surface area (Å²) in [5.41, 5.74) is -0.00547. The molecule has 22 heavy (non-hydrogen) atoms. The van der Waals surface area contributed by atoms with Crippen molar-refractivity contribution in [3.05, 3.63) is 33.2 Å². The van der Waals surface area contributed by atoms with Crippen LogP contribution in [0.3, 0.4) is 0 Å². The highest BCUT2D eigenvalue weighted by Crippen LogP contribution is 2.16. The first-order valence-electron chi connectivity index (χ1n) is 7.36. The zero-order chi connectivity index (χ0) is 15.9. The number of aryl methyl sites for hydroxylation is 2. The molecule has 1 amide bonds. The van der Waals surface area contributed by atoms with Crippen LogP contribution < -0.4 is 10.9 Å². The first kappa shape index (κ1) is 16.3. The number of carbonyl (C=O) groups is 1. The number of nitrogens with one attached hydrogen (secondary N) is 1. The van der Waals surface area contributed by atoms with E-state index in [2.05, 4.69) is 27.5 Å². The van der Waals surface area contributed by atoms with Crippen molar-refractivity contribution in [1.82, 2.24) is 20.0 Å². The lowest BCUT2D eigenvalue weighted by Crippen LogP contribution is -2.26. The molecule has 0 fully saturated rings. The molecule has 2 rings (SSSR count). The van der Waals surface area contributed by atoms with Crippen LogP contribution in [-0.2, 0) is 13.0 Å². The average Bonchev–Trinajstić information content (AvgIpc) is 2.94. The zero-order valence-electron chi connectivity index (χ0n) is 12.7. The van der Waals surface area contributed by atoms with Crippen LogP contribution in [-0.4, -0.2) is 25.9 Å². The fourth-order valence-electron chi connectivity index (χ4n) is 1.82. The minimum Gasteiger partial charge on any atom is -0.295 e. The van der Waals surface area contributed by atoms with Gasteiger partial charge < -0.3 is 0 Å². The fraction of sp³-hybridized carbons (Fsp3) is 0.500. The second-order valence-electron chi connectivity index (χ2n) is 4.84. The standard InChI is InChI=1S/C14H19N5O2S/c1-3-5-9-19-12(20)8-7-10(18-19)13(21)15-14-17-16-11(22-14)6-4-2/h7-8H,3-6,9H2,1-2H3,(H,15,17,21). The van der Waals surface area contributed by atoms with E-state index in [4.69, 9.17) is 0 Å². The van der Waals surface area contributed by atoms with Gasteiger partial charge in [0, 0.05) is 19.0 Å².